The van der Waals surface area contributed by atoms with Crippen LogP contribution in [0.15, 0.2) is 23.8 Å². The Morgan fingerprint density at radius 2 is 1.93 bits per heavy atom. The Kier molecular flexibility index (Phi) is 4.15. The maximum atomic E-state index is 16.9. The van der Waals surface area contributed by atoms with E-state index in [1.54, 1.807) is 19.9 Å². The van der Waals surface area contributed by atoms with Crippen LogP contribution in [0, 0.1) is 28.6 Å². The number of allylic oxidation sites excluding steroid dienone is 4. The van der Waals surface area contributed by atoms with Gasteiger partial charge in [0.05, 0.1) is 17.6 Å². The lowest BCUT2D eigenvalue weighted by molar-refractivity contribution is -0.196. The van der Waals surface area contributed by atoms with Crippen LogP contribution in [0.4, 0.5) is 4.39 Å². The Bertz CT molecular complexity index is 801. The number of fused-ring (bicyclic) bond motifs is 5. The van der Waals surface area contributed by atoms with E-state index >= 15 is 4.39 Å². The molecule has 0 amide bonds. The van der Waals surface area contributed by atoms with Crippen LogP contribution < -0.4 is 0 Å². The Balaban J connectivity index is 1.83. The third kappa shape index (κ3) is 2.22. The topological polar surface area (TPSA) is 94.8 Å². The highest BCUT2D eigenvalue weighted by molar-refractivity contribution is 6.01. The van der Waals surface area contributed by atoms with Crippen LogP contribution >= 0.6 is 0 Å². The lowest BCUT2D eigenvalue weighted by Crippen LogP contribution is -2.66. The summed E-state index contributed by atoms with van der Waals surface area (Å²) < 4.78 is 16.9. The Morgan fingerprint density at radius 3 is 2.57 bits per heavy atom. The van der Waals surface area contributed by atoms with Crippen LogP contribution in [0.25, 0.3) is 0 Å². The van der Waals surface area contributed by atoms with Crippen molar-refractivity contribution in [3.63, 3.8) is 0 Å². The normalized spacial score (nSPS) is 52.5. The molecule has 154 valence electrons. The molecule has 3 saturated carbocycles. The predicted octanol–water partition coefficient (Wildman–Crippen LogP) is 1.90. The van der Waals surface area contributed by atoms with Crippen LogP contribution in [0.5, 0.6) is 0 Å². The molecule has 3 fully saturated rings. The molecular weight excluding hydrogens is 363 g/mol. The SMILES string of the molecule is C[C@]12C[C@H](O)C3(F)[C@@H](CCC4=CC(=O)C=C[C@@]43C)[C@@H]1C[C@@](C)(O)[C@@H]2C(=O)CO. The Hall–Kier alpha value is -1.37. The van der Waals surface area contributed by atoms with E-state index < -0.39 is 52.4 Å². The van der Waals surface area contributed by atoms with Gasteiger partial charge in [0.1, 0.15) is 6.61 Å². The number of hydrogen-bond acceptors (Lipinski definition) is 5. The minimum atomic E-state index is -1.98. The zero-order valence-electron chi connectivity index (χ0n) is 16.6. The maximum Gasteiger partial charge on any atom is 0.178 e. The van der Waals surface area contributed by atoms with E-state index in [-0.39, 0.29) is 24.5 Å². The number of rotatable bonds is 2. The molecule has 0 radical (unpaired) electrons. The van der Waals surface area contributed by atoms with E-state index in [0.29, 0.717) is 18.4 Å². The van der Waals surface area contributed by atoms with Gasteiger partial charge in [0.2, 0.25) is 0 Å². The lowest BCUT2D eigenvalue weighted by Gasteiger charge is -2.61. The molecule has 0 bridgehead atoms. The molecule has 0 aromatic rings. The molecule has 0 aromatic heterocycles. The van der Waals surface area contributed by atoms with Gasteiger partial charge in [-0.3, -0.25) is 9.59 Å². The van der Waals surface area contributed by atoms with Gasteiger partial charge in [-0.25, -0.2) is 4.39 Å². The summed E-state index contributed by atoms with van der Waals surface area (Å²) in [6, 6.07) is 0. The van der Waals surface area contributed by atoms with Crippen LogP contribution in [0.3, 0.4) is 0 Å². The van der Waals surface area contributed by atoms with E-state index in [9.17, 15) is 24.9 Å². The fraction of sp³-hybridized carbons (Fsp3) is 0.727. The van der Waals surface area contributed by atoms with Crippen LogP contribution in [-0.4, -0.2) is 50.9 Å². The first-order valence-corrected chi connectivity index (χ1v) is 10.1. The number of aliphatic hydroxyl groups excluding tert-OH is 2. The number of halogens is 1. The average Bonchev–Trinajstić information content (AvgIpc) is 2.81. The minimum Gasteiger partial charge on any atom is -0.390 e. The van der Waals surface area contributed by atoms with E-state index in [2.05, 4.69) is 0 Å². The third-order valence-corrected chi connectivity index (χ3v) is 8.47. The Labute approximate surface area is 164 Å². The molecule has 4 aliphatic rings. The van der Waals surface area contributed by atoms with Crippen molar-refractivity contribution in [2.75, 3.05) is 6.61 Å². The lowest BCUT2D eigenvalue weighted by atomic mass is 9.45. The molecule has 0 aliphatic heterocycles. The third-order valence-electron chi connectivity index (χ3n) is 8.47. The van der Waals surface area contributed by atoms with Gasteiger partial charge < -0.3 is 15.3 Å². The number of ketones is 2. The van der Waals surface area contributed by atoms with Gasteiger partial charge in [0.15, 0.2) is 17.2 Å². The molecule has 8 atom stereocenters. The summed E-state index contributed by atoms with van der Waals surface area (Å²) in [5.41, 5.74) is -4.52. The number of carbonyl (C=O) groups is 2. The van der Waals surface area contributed by atoms with Crippen molar-refractivity contribution in [3.8, 4) is 0 Å². The van der Waals surface area contributed by atoms with Gasteiger partial charge in [-0.1, -0.05) is 18.6 Å². The second kappa shape index (κ2) is 5.83. The van der Waals surface area contributed by atoms with E-state index in [0.717, 1.165) is 0 Å². The van der Waals surface area contributed by atoms with Gasteiger partial charge in [-0.2, -0.15) is 0 Å². The van der Waals surface area contributed by atoms with Gasteiger partial charge in [-0.15, -0.1) is 0 Å². The molecular formula is C22H29FO5. The molecule has 6 heteroatoms. The molecule has 0 aromatic carbocycles. The summed E-state index contributed by atoms with van der Waals surface area (Å²) in [4.78, 5) is 24.4. The number of carbonyl (C=O) groups excluding carboxylic acids is 2. The molecule has 28 heavy (non-hydrogen) atoms. The monoisotopic (exact) mass is 392 g/mol. The first kappa shape index (κ1) is 19.9. The van der Waals surface area contributed by atoms with Crippen LogP contribution in [-0.2, 0) is 9.59 Å². The van der Waals surface area contributed by atoms with Crippen LogP contribution in [0.2, 0.25) is 0 Å². The molecule has 5 nitrogen and oxygen atoms in total. The second-order valence-electron chi connectivity index (χ2n) is 9.97. The van der Waals surface area contributed by atoms with E-state index in [4.69, 9.17) is 0 Å². The molecule has 3 N–H and O–H groups in total. The predicted molar refractivity (Wildman–Crippen MR) is 99.9 cm³/mol. The van der Waals surface area contributed by atoms with Crippen molar-refractivity contribution in [2.45, 2.75) is 63.8 Å². The molecule has 4 rings (SSSR count). The fourth-order valence-electron chi connectivity index (χ4n) is 7.39. The fourth-order valence-corrected chi connectivity index (χ4v) is 7.39. The first-order valence-electron chi connectivity index (χ1n) is 10.1. The van der Waals surface area contributed by atoms with Gasteiger partial charge in [-0.05, 0) is 63.0 Å². The van der Waals surface area contributed by atoms with Crippen molar-refractivity contribution >= 4 is 11.6 Å². The van der Waals surface area contributed by atoms with Gasteiger partial charge >= 0.3 is 0 Å². The zero-order valence-corrected chi connectivity index (χ0v) is 16.6. The maximum absolute atomic E-state index is 16.9. The molecule has 4 aliphatic carbocycles. The average molecular weight is 392 g/mol. The number of alkyl halides is 1. The standard InChI is InChI=1S/C22H29FO5/c1-19-10-17(27)22(23)14(5-4-12-8-13(25)6-7-20(12,22)2)15(19)9-21(3,28)18(19)16(26)11-24/h6-8,14-15,17-18,24,27-28H,4-5,9-11H2,1-3H3/t14-,15-,17-,18+,19-,20-,21+,22?/m0/s1. The van der Waals surface area contributed by atoms with Crippen molar-refractivity contribution in [1.82, 2.24) is 0 Å². The number of aliphatic hydroxyl groups is 3. The summed E-state index contributed by atoms with van der Waals surface area (Å²) in [5, 5.41) is 31.6. The summed E-state index contributed by atoms with van der Waals surface area (Å²) in [6.45, 7) is 4.48. The second-order valence-corrected chi connectivity index (χ2v) is 9.97. The summed E-state index contributed by atoms with van der Waals surface area (Å²) in [5.74, 6) is -2.33. The molecule has 0 spiro atoms. The Morgan fingerprint density at radius 1 is 1.25 bits per heavy atom. The van der Waals surface area contributed by atoms with Gasteiger partial charge in [0, 0.05) is 11.3 Å². The van der Waals surface area contributed by atoms with Crippen molar-refractivity contribution < 1.29 is 29.3 Å². The van der Waals surface area contributed by atoms with Crippen LogP contribution in [0.1, 0.15) is 46.5 Å². The minimum absolute atomic E-state index is 0.0296. The zero-order chi connectivity index (χ0) is 20.7. The summed E-state index contributed by atoms with van der Waals surface area (Å²) in [6.07, 6.45) is 4.38. The molecule has 1 unspecified atom stereocenters. The smallest absolute Gasteiger partial charge is 0.178 e. The molecule has 0 saturated heterocycles. The highest BCUT2D eigenvalue weighted by Gasteiger charge is 2.73. The quantitative estimate of drug-likeness (QED) is 0.667. The highest BCUT2D eigenvalue weighted by Crippen LogP contribution is 2.70. The summed E-state index contributed by atoms with van der Waals surface area (Å²) in [7, 11) is 0. The van der Waals surface area contributed by atoms with Crippen molar-refractivity contribution in [1.29, 1.82) is 0 Å². The summed E-state index contributed by atoms with van der Waals surface area (Å²) >= 11 is 0. The largest absolute Gasteiger partial charge is 0.390 e. The van der Waals surface area contributed by atoms with E-state index in [1.165, 1.54) is 12.2 Å². The van der Waals surface area contributed by atoms with Crippen molar-refractivity contribution in [3.05, 3.63) is 23.8 Å². The van der Waals surface area contributed by atoms with Crippen molar-refractivity contribution in [2.24, 2.45) is 28.6 Å². The van der Waals surface area contributed by atoms with E-state index in [1.807, 2.05) is 6.92 Å². The number of hydrogen-bond donors (Lipinski definition) is 3. The first-order chi connectivity index (χ1) is 12.9. The van der Waals surface area contributed by atoms with Gasteiger partial charge in [0.25, 0.3) is 0 Å². The number of Topliss-reactive ketones (excluding diaryl/α,β-unsaturated/α-hetero) is 1. The highest BCUT2D eigenvalue weighted by atomic mass is 19.1. The molecule has 0 heterocycles.